The van der Waals surface area contributed by atoms with Gasteiger partial charge in [0.05, 0.1) is 7.11 Å². The molecule has 41 heavy (non-hydrogen) atoms. The summed E-state index contributed by atoms with van der Waals surface area (Å²) in [5, 5.41) is 0. The molecule has 0 aromatic heterocycles. The van der Waals surface area contributed by atoms with Crippen LogP contribution in [0.25, 0.3) is 0 Å². The molecule has 0 saturated carbocycles. The summed E-state index contributed by atoms with van der Waals surface area (Å²) in [6, 6.07) is 8.07. The van der Waals surface area contributed by atoms with Gasteiger partial charge in [0, 0.05) is 0 Å². The van der Waals surface area contributed by atoms with E-state index in [4.69, 9.17) is 23.7 Å². The van der Waals surface area contributed by atoms with Gasteiger partial charge < -0.3 is 0 Å². The maximum atomic E-state index is 12.1. The van der Waals surface area contributed by atoms with Crippen LogP contribution in [0.15, 0.2) is 34.4 Å². The molecule has 3 atom stereocenters. The topological polar surface area (TPSA) is 63.2 Å². The van der Waals surface area contributed by atoms with E-state index in [-0.39, 0.29) is 25.1 Å². The minimum atomic E-state index is -2.34. The second-order valence-electron chi connectivity index (χ2n) is 12.6. The molecule has 0 spiro atoms. The fourth-order valence-corrected chi connectivity index (χ4v) is 19.9. The summed E-state index contributed by atoms with van der Waals surface area (Å²) in [5.74, 6) is 0.836. The van der Waals surface area contributed by atoms with Crippen LogP contribution in [0.1, 0.15) is 105 Å². The molecule has 6 nitrogen and oxygen atoms in total. The second kappa shape index (κ2) is 19.1. The molecule has 1 heterocycles. The van der Waals surface area contributed by atoms with Crippen molar-refractivity contribution in [1.29, 1.82) is 0 Å². The predicted molar refractivity (Wildman–Crippen MR) is 170 cm³/mol. The van der Waals surface area contributed by atoms with Crippen LogP contribution in [0.2, 0.25) is 13.3 Å². The normalized spacial score (nSPS) is 19.8. The van der Waals surface area contributed by atoms with E-state index < -0.39 is 30.1 Å². The van der Waals surface area contributed by atoms with Crippen molar-refractivity contribution in [2.45, 2.75) is 143 Å². The zero-order chi connectivity index (χ0) is 30.1. The Balaban J connectivity index is 2.10. The summed E-state index contributed by atoms with van der Waals surface area (Å²) in [7, 11) is 1.68. The molecule has 1 aromatic rings. The van der Waals surface area contributed by atoms with Gasteiger partial charge in [-0.1, -0.05) is 0 Å². The van der Waals surface area contributed by atoms with E-state index in [1.54, 1.807) is 7.11 Å². The van der Waals surface area contributed by atoms with Gasteiger partial charge in [-0.25, -0.2) is 0 Å². The van der Waals surface area contributed by atoms with E-state index in [9.17, 15) is 4.79 Å². The number of hydrogen-bond acceptors (Lipinski definition) is 6. The average Bonchev–Trinajstić information content (AvgIpc) is 2.93. The SMILES string of the molecule is CCC[CH2][Sn](/[CH]=C/C[C@H]1C[C@@H](CCOC(=O)OC(C)(C)C)O[C@@H](Cc2ccc(OC)cc2)O1)([CH2]CCC)[CH2]CCC. The van der Waals surface area contributed by atoms with Gasteiger partial charge in [-0.15, -0.1) is 0 Å². The van der Waals surface area contributed by atoms with Gasteiger partial charge in [0.2, 0.25) is 0 Å². The third-order valence-corrected chi connectivity index (χ3v) is 22.0. The Labute approximate surface area is 254 Å². The summed E-state index contributed by atoms with van der Waals surface area (Å²) in [6.07, 6.45) is 12.5. The molecule has 1 fully saturated rings. The van der Waals surface area contributed by atoms with Gasteiger partial charge in [-0.3, -0.25) is 0 Å². The summed E-state index contributed by atoms with van der Waals surface area (Å²) in [5.41, 5.74) is 0.573. The van der Waals surface area contributed by atoms with Crippen molar-refractivity contribution in [2.75, 3.05) is 13.7 Å². The van der Waals surface area contributed by atoms with Crippen LogP contribution >= 0.6 is 0 Å². The van der Waals surface area contributed by atoms with Crippen molar-refractivity contribution in [3.05, 3.63) is 40.0 Å². The minimum absolute atomic E-state index is 0.0404. The van der Waals surface area contributed by atoms with Gasteiger partial charge in [-0.2, -0.15) is 0 Å². The van der Waals surface area contributed by atoms with Crippen molar-refractivity contribution in [2.24, 2.45) is 0 Å². The number of hydrogen-bond donors (Lipinski definition) is 0. The van der Waals surface area contributed by atoms with Gasteiger partial charge in [-0.05, 0) is 20.8 Å². The molecule has 1 aliphatic rings. The Hall–Kier alpha value is -1.25. The number of rotatable bonds is 18. The monoisotopic (exact) mass is 682 g/mol. The molecular formula is C34H58O6Sn. The predicted octanol–water partition coefficient (Wildman–Crippen LogP) is 9.41. The van der Waals surface area contributed by atoms with E-state index in [1.165, 1.54) is 51.8 Å². The number of benzene rings is 1. The first-order valence-corrected chi connectivity index (χ1v) is 23.8. The van der Waals surface area contributed by atoms with E-state index in [0.29, 0.717) is 12.8 Å². The molecule has 1 saturated heterocycles. The number of methoxy groups -OCH3 is 1. The van der Waals surface area contributed by atoms with Gasteiger partial charge in [0.15, 0.2) is 0 Å². The van der Waals surface area contributed by atoms with E-state index in [0.717, 1.165) is 24.2 Å². The average molecular weight is 682 g/mol. The van der Waals surface area contributed by atoms with Crippen molar-refractivity contribution in [3.63, 3.8) is 0 Å². The number of carbonyl (C=O) groups excluding carboxylic acids is 1. The quantitative estimate of drug-likeness (QED) is 0.114. The standard InChI is InChI=1S/C22H31O6.3C4H9.Sn/c1-6-7-18-15-19(12-13-25-21(23)28-22(2,3)4)27-20(26-18)14-16-8-10-17(24-5)11-9-16;3*1-3-4-2;/h1,6,8-11,18-20H,7,12-15H2,2-5H3;3*1,3-4H2,2H3;/t18-,19+,20-;;;;/m0..../s1. The third kappa shape index (κ3) is 14.7. The molecule has 234 valence electrons. The molecule has 0 aliphatic carbocycles. The Bertz CT molecular complexity index is 856. The fourth-order valence-electron chi connectivity index (χ4n) is 5.49. The van der Waals surface area contributed by atoms with Crippen LogP contribution in [0.3, 0.4) is 0 Å². The summed E-state index contributed by atoms with van der Waals surface area (Å²) in [6.45, 7) is 12.8. The van der Waals surface area contributed by atoms with Crippen LogP contribution in [0, 0.1) is 0 Å². The van der Waals surface area contributed by atoms with Crippen LogP contribution in [-0.2, 0) is 25.4 Å². The van der Waals surface area contributed by atoms with E-state index in [1.807, 2.05) is 32.9 Å². The Morgan fingerprint density at radius 1 is 0.951 bits per heavy atom. The first-order valence-electron chi connectivity index (χ1n) is 16.1. The molecule has 0 amide bonds. The number of carbonyl (C=O) groups is 1. The molecule has 2 rings (SSSR count). The van der Waals surface area contributed by atoms with Crippen LogP contribution < -0.4 is 4.74 Å². The van der Waals surface area contributed by atoms with Gasteiger partial charge >= 0.3 is 228 Å². The molecular weight excluding hydrogens is 623 g/mol. The fraction of sp³-hybridized carbons (Fsp3) is 0.735. The molecule has 1 aromatic carbocycles. The number of unbranched alkanes of at least 4 members (excludes halogenated alkanes) is 3. The zero-order valence-electron chi connectivity index (χ0n) is 27.0. The molecule has 0 radical (unpaired) electrons. The maximum absolute atomic E-state index is 12.1. The molecule has 7 heteroatoms. The molecule has 0 bridgehead atoms. The van der Waals surface area contributed by atoms with Crippen molar-refractivity contribution in [1.82, 2.24) is 0 Å². The van der Waals surface area contributed by atoms with Gasteiger partial charge in [0.25, 0.3) is 0 Å². The zero-order valence-corrected chi connectivity index (χ0v) is 29.9. The van der Waals surface area contributed by atoms with Crippen molar-refractivity contribution in [3.8, 4) is 5.75 Å². The first kappa shape index (κ1) is 35.9. The summed E-state index contributed by atoms with van der Waals surface area (Å²) < 4.78 is 36.0. The van der Waals surface area contributed by atoms with Crippen molar-refractivity contribution < 1.29 is 28.5 Å². The number of ether oxygens (including phenoxy) is 5. The van der Waals surface area contributed by atoms with Crippen molar-refractivity contribution >= 4 is 24.5 Å². The molecule has 0 unspecified atom stereocenters. The summed E-state index contributed by atoms with van der Waals surface area (Å²) >= 11 is -2.34. The molecule has 1 aliphatic heterocycles. The van der Waals surface area contributed by atoms with Gasteiger partial charge in [0.1, 0.15) is 0 Å². The van der Waals surface area contributed by atoms with Crippen LogP contribution in [0.5, 0.6) is 5.75 Å². The summed E-state index contributed by atoms with van der Waals surface area (Å²) in [4.78, 5) is 12.1. The molecule has 0 N–H and O–H groups in total. The first-order chi connectivity index (χ1) is 19.6. The van der Waals surface area contributed by atoms with E-state index in [2.05, 4.69) is 43.1 Å². The third-order valence-electron chi connectivity index (χ3n) is 7.78. The Kier molecular flexibility index (Phi) is 16.8. The Morgan fingerprint density at radius 3 is 2.07 bits per heavy atom. The van der Waals surface area contributed by atoms with E-state index >= 15 is 0 Å². The van der Waals surface area contributed by atoms with Crippen LogP contribution in [0.4, 0.5) is 4.79 Å². The Morgan fingerprint density at radius 2 is 1.54 bits per heavy atom. The second-order valence-corrected chi connectivity index (χ2v) is 25.7. The van der Waals surface area contributed by atoms with Crippen LogP contribution in [-0.4, -0.2) is 62.3 Å².